The molecule has 108 valence electrons. The molecule has 1 aromatic rings. The highest BCUT2D eigenvalue weighted by atomic mass is 35.5. The van der Waals surface area contributed by atoms with Gasteiger partial charge in [-0.25, -0.2) is 0 Å². The van der Waals surface area contributed by atoms with E-state index in [0.29, 0.717) is 28.8 Å². The quantitative estimate of drug-likeness (QED) is 0.780. The molecule has 3 nitrogen and oxygen atoms in total. The minimum absolute atomic E-state index is 0.0499. The number of nitrogens with zero attached hydrogens (tertiary/aromatic N) is 1. The highest BCUT2D eigenvalue weighted by molar-refractivity contribution is 6.36. The maximum Gasteiger partial charge on any atom is 0.257 e. The largest absolute Gasteiger partial charge is 0.354 e. The summed E-state index contributed by atoms with van der Waals surface area (Å²) in [7, 11) is 0. The average molecular weight is 314 g/mol. The summed E-state index contributed by atoms with van der Waals surface area (Å²) in [6, 6.07) is 5.01. The van der Waals surface area contributed by atoms with Gasteiger partial charge < -0.3 is 9.64 Å². The Hall–Kier alpha value is -0.770. The second kappa shape index (κ2) is 5.55. The van der Waals surface area contributed by atoms with Crippen molar-refractivity contribution in [1.29, 1.82) is 0 Å². The Labute approximate surface area is 128 Å². The number of carbonyl (C=O) groups is 1. The molecule has 1 amide bonds. The molecular weight excluding hydrogens is 297 g/mol. The van der Waals surface area contributed by atoms with Gasteiger partial charge in [-0.2, -0.15) is 0 Å². The van der Waals surface area contributed by atoms with E-state index in [1.807, 2.05) is 4.90 Å². The molecule has 0 bridgehead atoms. The smallest absolute Gasteiger partial charge is 0.257 e. The number of hydrogen-bond donors (Lipinski definition) is 0. The topological polar surface area (TPSA) is 29.5 Å². The second-order valence-electron chi connectivity index (χ2n) is 5.44. The van der Waals surface area contributed by atoms with E-state index in [1.54, 1.807) is 18.2 Å². The van der Waals surface area contributed by atoms with Crippen molar-refractivity contribution in [3.05, 3.63) is 33.8 Å². The van der Waals surface area contributed by atoms with Crippen LogP contribution in [-0.4, -0.2) is 29.7 Å². The van der Waals surface area contributed by atoms with E-state index in [9.17, 15) is 4.79 Å². The SMILES string of the molecule is O=C(c1ccc(Cl)cc1Cl)N1CCOC12CCCCC2. The van der Waals surface area contributed by atoms with Crippen molar-refractivity contribution in [3.8, 4) is 0 Å². The van der Waals surface area contributed by atoms with Crippen molar-refractivity contribution < 1.29 is 9.53 Å². The third kappa shape index (κ3) is 2.43. The fourth-order valence-electron chi connectivity index (χ4n) is 3.22. The summed E-state index contributed by atoms with van der Waals surface area (Å²) in [6.45, 7) is 1.24. The van der Waals surface area contributed by atoms with Crippen molar-refractivity contribution in [2.45, 2.75) is 37.8 Å². The highest BCUT2D eigenvalue weighted by Crippen LogP contribution is 2.39. The van der Waals surface area contributed by atoms with Crippen molar-refractivity contribution in [3.63, 3.8) is 0 Å². The molecule has 0 unspecified atom stereocenters. The maximum absolute atomic E-state index is 12.8. The molecule has 1 aliphatic heterocycles. The lowest BCUT2D eigenvalue weighted by atomic mass is 9.90. The van der Waals surface area contributed by atoms with Crippen LogP contribution in [0.1, 0.15) is 42.5 Å². The molecule has 0 N–H and O–H groups in total. The molecule has 0 atom stereocenters. The van der Waals surface area contributed by atoms with Gasteiger partial charge in [-0.1, -0.05) is 29.6 Å². The maximum atomic E-state index is 12.8. The summed E-state index contributed by atoms with van der Waals surface area (Å²) in [4.78, 5) is 14.6. The minimum atomic E-state index is -0.404. The van der Waals surface area contributed by atoms with E-state index in [2.05, 4.69) is 0 Å². The molecule has 3 rings (SSSR count). The van der Waals surface area contributed by atoms with Gasteiger partial charge in [0.2, 0.25) is 0 Å². The summed E-state index contributed by atoms with van der Waals surface area (Å²) in [6.07, 6.45) is 5.28. The zero-order valence-electron chi connectivity index (χ0n) is 11.2. The molecule has 2 aliphatic rings. The summed E-state index contributed by atoms with van der Waals surface area (Å²) >= 11 is 12.0. The molecule has 1 aliphatic carbocycles. The predicted octanol–water partition coefficient (Wildman–Crippen LogP) is 4.13. The number of halogens is 2. The normalized spacial score (nSPS) is 21.4. The molecular formula is C15H17Cl2NO2. The Balaban J connectivity index is 1.89. The molecule has 2 fully saturated rings. The first kappa shape index (κ1) is 14.2. The van der Waals surface area contributed by atoms with Crippen molar-refractivity contribution in [2.24, 2.45) is 0 Å². The fraction of sp³-hybridized carbons (Fsp3) is 0.533. The van der Waals surface area contributed by atoms with Gasteiger partial charge in [0.1, 0.15) is 5.72 Å². The molecule has 1 aromatic carbocycles. The van der Waals surface area contributed by atoms with Crippen LogP contribution in [0.15, 0.2) is 18.2 Å². The molecule has 1 saturated heterocycles. The Morgan fingerprint density at radius 2 is 1.95 bits per heavy atom. The van der Waals surface area contributed by atoms with Crippen LogP contribution < -0.4 is 0 Å². The lowest BCUT2D eigenvalue weighted by Crippen LogP contribution is -2.49. The summed E-state index contributed by atoms with van der Waals surface area (Å²) in [5, 5.41) is 0.942. The van der Waals surface area contributed by atoms with Crippen LogP contribution in [0.2, 0.25) is 10.0 Å². The van der Waals surface area contributed by atoms with Crippen LogP contribution in [-0.2, 0) is 4.74 Å². The van der Waals surface area contributed by atoms with Gasteiger partial charge in [0.25, 0.3) is 5.91 Å². The lowest BCUT2D eigenvalue weighted by molar-refractivity contribution is -0.0919. The molecule has 1 spiro atoms. The van der Waals surface area contributed by atoms with Crippen LogP contribution in [0, 0.1) is 0 Å². The van der Waals surface area contributed by atoms with E-state index in [4.69, 9.17) is 27.9 Å². The zero-order chi connectivity index (χ0) is 14.2. The lowest BCUT2D eigenvalue weighted by Gasteiger charge is -2.40. The monoisotopic (exact) mass is 313 g/mol. The predicted molar refractivity (Wildman–Crippen MR) is 79.3 cm³/mol. The molecule has 20 heavy (non-hydrogen) atoms. The number of benzene rings is 1. The van der Waals surface area contributed by atoms with E-state index in [-0.39, 0.29) is 5.91 Å². The summed E-state index contributed by atoms with van der Waals surface area (Å²) < 4.78 is 5.94. The van der Waals surface area contributed by atoms with E-state index < -0.39 is 5.72 Å². The van der Waals surface area contributed by atoms with Crippen LogP contribution in [0.25, 0.3) is 0 Å². The Morgan fingerprint density at radius 1 is 1.20 bits per heavy atom. The number of hydrogen-bond acceptors (Lipinski definition) is 2. The van der Waals surface area contributed by atoms with Gasteiger partial charge in [0, 0.05) is 11.6 Å². The van der Waals surface area contributed by atoms with E-state index in [1.165, 1.54) is 6.42 Å². The van der Waals surface area contributed by atoms with Crippen LogP contribution in [0.5, 0.6) is 0 Å². The Morgan fingerprint density at radius 3 is 2.65 bits per heavy atom. The molecule has 5 heteroatoms. The molecule has 0 radical (unpaired) electrons. The van der Waals surface area contributed by atoms with E-state index >= 15 is 0 Å². The minimum Gasteiger partial charge on any atom is -0.354 e. The van der Waals surface area contributed by atoms with Crippen LogP contribution in [0.4, 0.5) is 0 Å². The third-order valence-electron chi connectivity index (χ3n) is 4.22. The molecule has 0 aromatic heterocycles. The van der Waals surface area contributed by atoms with E-state index in [0.717, 1.165) is 25.7 Å². The summed E-state index contributed by atoms with van der Waals surface area (Å²) in [5.41, 5.74) is 0.102. The first-order valence-electron chi connectivity index (χ1n) is 7.03. The number of amides is 1. The standard InChI is InChI=1S/C15H17Cl2NO2/c16-11-4-5-12(13(17)10-11)14(19)18-8-9-20-15(18)6-2-1-3-7-15/h4-5,10H,1-3,6-9H2. The van der Waals surface area contributed by atoms with Gasteiger partial charge in [-0.15, -0.1) is 0 Å². The van der Waals surface area contributed by atoms with Crippen LogP contribution >= 0.6 is 23.2 Å². The molecule has 1 heterocycles. The number of carbonyl (C=O) groups excluding carboxylic acids is 1. The second-order valence-corrected chi connectivity index (χ2v) is 6.28. The van der Waals surface area contributed by atoms with Gasteiger partial charge in [0.05, 0.1) is 17.2 Å². The van der Waals surface area contributed by atoms with Crippen molar-refractivity contribution in [2.75, 3.05) is 13.2 Å². The van der Waals surface area contributed by atoms with Gasteiger partial charge in [-0.3, -0.25) is 4.79 Å². The first-order valence-corrected chi connectivity index (χ1v) is 7.79. The fourth-order valence-corrected chi connectivity index (χ4v) is 3.71. The highest BCUT2D eigenvalue weighted by Gasteiger charge is 2.45. The Bertz CT molecular complexity index is 527. The van der Waals surface area contributed by atoms with Crippen molar-refractivity contribution in [1.82, 2.24) is 4.90 Å². The average Bonchev–Trinajstić information content (AvgIpc) is 2.82. The zero-order valence-corrected chi connectivity index (χ0v) is 12.7. The van der Waals surface area contributed by atoms with Crippen molar-refractivity contribution >= 4 is 29.1 Å². The van der Waals surface area contributed by atoms with Gasteiger partial charge >= 0.3 is 0 Å². The summed E-state index contributed by atoms with van der Waals surface area (Å²) in [5.74, 6) is -0.0499. The number of rotatable bonds is 1. The third-order valence-corrected chi connectivity index (χ3v) is 4.77. The number of ether oxygens (including phenoxy) is 1. The van der Waals surface area contributed by atoms with Gasteiger partial charge in [0.15, 0.2) is 0 Å². The Kier molecular flexibility index (Phi) is 3.93. The van der Waals surface area contributed by atoms with Gasteiger partial charge in [-0.05, 0) is 43.9 Å². The molecule has 1 saturated carbocycles. The first-order chi connectivity index (χ1) is 9.62. The van der Waals surface area contributed by atoms with Crippen LogP contribution in [0.3, 0.4) is 0 Å².